The fourth-order valence-corrected chi connectivity index (χ4v) is 5.90. The number of hydrogen-bond donors (Lipinski definition) is 0. The van der Waals surface area contributed by atoms with E-state index in [1.807, 2.05) is 12.5 Å². The first kappa shape index (κ1) is 14.3. The summed E-state index contributed by atoms with van der Waals surface area (Å²) >= 11 is 4.43. The molecule has 18 heavy (non-hydrogen) atoms. The molecule has 1 aromatic rings. The van der Waals surface area contributed by atoms with Crippen molar-refractivity contribution in [3.8, 4) is 0 Å². The molecule has 1 aliphatic rings. The molecule has 1 aromatic heterocycles. The highest BCUT2D eigenvalue weighted by molar-refractivity contribution is 8.21. The fourth-order valence-electron chi connectivity index (χ4n) is 2.50. The molecule has 2 rings (SSSR count). The Morgan fingerprint density at radius 3 is 2.61 bits per heavy atom. The van der Waals surface area contributed by atoms with Crippen molar-refractivity contribution in [3.05, 3.63) is 18.7 Å². The molecule has 1 saturated heterocycles. The second kappa shape index (κ2) is 7.49. The SMILES string of the molecule is CCCCCC1(CCCn2ccnc2)SCCS1. The number of aryl methyl sites for hydroxylation is 1. The van der Waals surface area contributed by atoms with E-state index in [4.69, 9.17) is 0 Å². The van der Waals surface area contributed by atoms with Crippen LogP contribution in [0.25, 0.3) is 0 Å². The third-order valence-corrected chi connectivity index (χ3v) is 7.16. The van der Waals surface area contributed by atoms with Crippen LogP contribution >= 0.6 is 23.5 Å². The van der Waals surface area contributed by atoms with E-state index in [0.29, 0.717) is 4.08 Å². The molecule has 102 valence electrons. The fraction of sp³-hybridized carbons (Fsp3) is 0.786. The number of nitrogens with zero attached hydrogens (tertiary/aromatic N) is 2. The van der Waals surface area contributed by atoms with E-state index in [1.54, 1.807) is 0 Å². The molecule has 1 fully saturated rings. The average Bonchev–Trinajstić information content (AvgIpc) is 3.02. The summed E-state index contributed by atoms with van der Waals surface area (Å²) in [5, 5.41) is 0. The van der Waals surface area contributed by atoms with Crippen molar-refractivity contribution in [1.29, 1.82) is 0 Å². The minimum Gasteiger partial charge on any atom is -0.337 e. The van der Waals surface area contributed by atoms with Gasteiger partial charge in [0.2, 0.25) is 0 Å². The second-order valence-corrected chi connectivity index (χ2v) is 8.18. The van der Waals surface area contributed by atoms with Crippen LogP contribution in [-0.4, -0.2) is 25.1 Å². The van der Waals surface area contributed by atoms with Crippen LogP contribution in [0.4, 0.5) is 0 Å². The first-order chi connectivity index (χ1) is 8.85. The van der Waals surface area contributed by atoms with Crippen molar-refractivity contribution in [3.63, 3.8) is 0 Å². The Bertz CT molecular complexity index is 319. The predicted octanol–water partition coefficient (Wildman–Crippen LogP) is 4.42. The molecule has 0 unspecified atom stereocenters. The lowest BCUT2D eigenvalue weighted by Crippen LogP contribution is -2.17. The van der Waals surface area contributed by atoms with E-state index in [0.717, 1.165) is 6.54 Å². The molecule has 0 aromatic carbocycles. The van der Waals surface area contributed by atoms with E-state index in [1.165, 1.54) is 50.0 Å². The van der Waals surface area contributed by atoms with Gasteiger partial charge in [0.15, 0.2) is 0 Å². The largest absolute Gasteiger partial charge is 0.337 e. The summed E-state index contributed by atoms with van der Waals surface area (Å²) in [5.41, 5.74) is 0. The molecule has 0 atom stereocenters. The van der Waals surface area contributed by atoms with Gasteiger partial charge >= 0.3 is 0 Å². The minimum atomic E-state index is 0.537. The maximum Gasteiger partial charge on any atom is 0.0945 e. The van der Waals surface area contributed by atoms with E-state index >= 15 is 0 Å². The van der Waals surface area contributed by atoms with Crippen LogP contribution in [0.1, 0.15) is 45.4 Å². The topological polar surface area (TPSA) is 17.8 Å². The maximum absolute atomic E-state index is 4.10. The highest BCUT2D eigenvalue weighted by Crippen LogP contribution is 2.50. The van der Waals surface area contributed by atoms with Gasteiger partial charge in [0.25, 0.3) is 0 Å². The molecule has 4 heteroatoms. The molecule has 2 nitrogen and oxygen atoms in total. The Kier molecular flexibility index (Phi) is 5.96. The molecular formula is C14H24N2S2. The number of imidazole rings is 1. The minimum absolute atomic E-state index is 0.537. The van der Waals surface area contributed by atoms with Crippen molar-refractivity contribution in [2.75, 3.05) is 11.5 Å². The highest BCUT2D eigenvalue weighted by atomic mass is 32.2. The summed E-state index contributed by atoms with van der Waals surface area (Å²) in [6.07, 6.45) is 14.0. The van der Waals surface area contributed by atoms with Crippen molar-refractivity contribution < 1.29 is 0 Å². The Labute approximate surface area is 119 Å². The van der Waals surface area contributed by atoms with Crippen molar-refractivity contribution >= 4 is 23.5 Å². The van der Waals surface area contributed by atoms with Gasteiger partial charge in [0, 0.05) is 30.4 Å². The summed E-state index contributed by atoms with van der Waals surface area (Å²) in [5.74, 6) is 2.70. The molecule has 0 radical (unpaired) electrons. The molecule has 0 amide bonds. The van der Waals surface area contributed by atoms with Gasteiger partial charge in [-0.1, -0.05) is 26.2 Å². The summed E-state index contributed by atoms with van der Waals surface area (Å²) in [7, 11) is 0. The number of thioether (sulfide) groups is 2. The molecular weight excluding hydrogens is 260 g/mol. The summed E-state index contributed by atoms with van der Waals surface area (Å²) in [4.78, 5) is 4.10. The summed E-state index contributed by atoms with van der Waals surface area (Å²) in [6.45, 7) is 3.41. The van der Waals surface area contributed by atoms with Crippen LogP contribution in [-0.2, 0) is 6.54 Å². The van der Waals surface area contributed by atoms with Gasteiger partial charge in [0.1, 0.15) is 0 Å². The van der Waals surface area contributed by atoms with Crippen LogP contribution in [0.15, 0.2) is 18.7 Å². The van der Waals surface area contributed by atoms with Gasteiger partial charge in [-0.2, -0.15) is 0 Å². The maximum atomic E-state index is 4.10. The Hall–Kier alpha value is -0.0900. The van der Waals surface area contributed by atoms with Gasteiger partial charge in [-0.15, -0.1) is 23.5 Å². The number of unbranched alkanes of at least 4 members (excludes halogenated alkanes) is 2. The standard InChI is InChI=1S/C14H24N2S2/c1-2-3-4-6-14(17-11-12-18-14)7-5-9-16-10-8-15-13-16/h8,10,13H,2-7,9,11-12H2,1H3. The van der Waals surface area contributed by atoms with Crippen molar-refractivity contribution in [1.82, 2.24) is 9.55 Å². The van der Waals surface area contributed by atoms with Crippen molar-refractivity contribution in [2.45, 2.75) is 56.1 Å². The number of rotatable bonds is 8. The molecule has 0 bridgehead atoms. The molecule has 2 heterocycles. The lowest BCUT2D eigenvalue weighted by molar-refractivity contribution is 0.540. The Balaban J connectivity index is 1.75. The zero-order chi connectivity index (χ0) is 12.7. The van der Waals surface area contributed by atoms with E-state index in [2.05, 4.69) is 46.2 Å². The average molecular weight is 284 g/mol. The number of hydrogen-bond acceptors (Lipinski definition) is 3. The van der Waals surface area contributed by atoms with Crippen LogP contribution in [0.3, 0.4) is 0 Å². The zero-order valence-corrected chi connectivity index (χ0v) is 12.9. The van der Waals surface area contributed by atoms with Crippen LogP contribution < -0.4 is 0 Å². The Morgan fingerprint density at radius 2 is 1.94 bits per heavy atom. The second-order valence-electron chi connectivity index (χ2n) is 4.97. The smallest absolute Gasteiger partial charge is 0.0945 e. The van der Waals surface area contributed by atoms with Gasteiger partial charge in [-0.05, 0) is 19.3 Å². The summed E-state index contributed by atoms with van der Waals surface area (Å²) < 4.78 is 2.74. The van der Waals surface area contributed by atoms with Gasteiger partial charge in [-0.25, -0.2) is 4.98 Å². The van der Waals surface area contributed by atoms with E-state index in [-0.39, 0.29) is 0 Å². The zero-order valence-electron chi connectivity index (χ0n) is 11.3. The molecule has 0 saturated carbocycles. The first-order valence-corrected chi connectivity index (χ1v) is 9.05. The quantitative estimate of drug-likeness (QED) is 0.658. The van der Waals surface area contributed by atoms with E-state index < -0.39 is 0 Å². The highest BCUT2D eigenvalue weighted by Gasteiger charge is 2.34. The van der Waals surface area contributed by atoms with Gasteiger partial charge in [0.05, 0.1) is 10.4 Å². The van der Waals surface area contributed by atoms with Crippen LogP contribution in [0.2, 0.25) is 0 Å². The van der Waals surface area contributed by atoms with Gasteiger partial charge in [-0.3, -0.25) is 0 Å². The summed E-state index contributed by atoms with van der Waals surface area (Å²) in [6, 6.07) is 0. The van der Waals surface area contributed by atoms with Crippen LogP contribution in [0.5, 0.6) is 0 Å². The third kappa shape index (κ3) is 4.23. The molecule has 0 spiro atoms. The normalized spacial score (nSPS) is 18.3. The third-order valence-electron chi connectivity index (χ3n) is 3.51. The van der Waals surface area contributed by atoms with Crippen LogP contribution in [0, 0.1) is 0 Å². The predicted molar refractivity (Wildman–Crippen MR) is 83.3 cm³/mol. The lowest BCUT2D eigenvalue weighted by Gasteiger charge is -2.27. The number of aromatic nitrogens is 2. The first-order valence-electron chi connectivity index (χ1n) is 7.08. The van der Waals surface area contributed by atoms with Gasteiger partial charge < -0.3 is 4.57 Å². The molecule has 1 aliphatic heterocycles. The molecule has 0 aliphatic carbocycles. The lowest BCUT2D eigenvalue weighted by atomic mass is 10.1. The van der Waals surface area contributed by atoms with Crippen molar-refractivity contribution in [2.24, 2.45) is 0 Å². The Morgan fingerprint density at radius 1 is 1.17 bits per heavy atom. The van der Waals surface area contributed by atoms with E-state index in [9.17, 15) is 0 Å². The monoisotopic (exact) mass is 284 g/mol. The molecule has 0 N–H and O–H groups in total.